The van der Waals surface area contributed by atoms with Crippen LogP contribution in [0.5, 0.6) is 0 Å². The zero-order valence-electron chi connectivity index (χ0n) is 15.2. The molecule has 0 saturated heterocycles. The standard InChI is InChI=1S/C22H18N4O/c1-13-7-14(2)9-16(8-13)20-12-24-19-11-21(27)26(22(19)25-20)17-3-4-18-15(10-17)5-6-23-18/h3-10,12,23H,11H2,1-2H3. The van der Waals surface area contributed by atoms with Gasteiger partial charge in [-0.1, -0.05) is 17.2 Å². The van der Waals surface area contributed by atoms with Gasteiger partial charge in [0.05, 0.1) is 29.7 Å². The molecule has 27 heavy (non-hydrogen) atoms. The van der Waals surface area contributed by atoms with Crippen molar-refractivity contribution >= 4 is 28.3 Å². The van der Waals surface area contributed by atoms with Gasteiger partial charge in [0.25, 0.3) is 0 Å². The highest BCUT2D eigenvalue weighted by atomic mass is 16.2. The topological polar surface area (TPSA) is 61.9 Å². The van der Waals surface area contributed by atoms with Crippen LogP contribution in [-0.4, -0.2) is 20.9 Å². The lowest BCUT2D eigenvalue weighted by atomic mass is 10.1. The molecule has 0 unspecified atom stereocenters. The van der Waals surface area contributed by atoms with Gasteiger partial charge in [-0.25, -0.2) is 4.98 Å². The highest BCUT2D eigenvalue weighted by Gasteiger charge is 2.32. The Kier molecular flexibility index (Phi) is 3.37. The van der Waals surface area contributed by atoms with E-state index in [2.05, 4.69) is 42.0 Å². The van der Waals surface area contributed by atoms with Gasteiger partial charge in [-0.2, -0.15) is 0 Å². The zero-order chi connectivity index (χ0) is 18.5. The van der Waals surface area contributed by atoms with Crippen LogP contribution >= 0.6 is 0 Å². The Hall–Kier alpha value is -3.47. The van der Waals surface area contributed by atoms with Crippen LogP contribution in [0, 0.1) is 13.8 Å². The molecule has 0 bridgehead atoms. The molecule has 1 aliphatic rings. The van der Waals surface area contributed by atoms with E-state index < -0.39 is 0 Å². The molecular formula is C22H18N4O. The number of nitrogens with zero attached hydrogens (tertiary/aromatic N) is 3. The maximum atomic E-state index is 12.7. The molecule has 1 N–H and O–H groups in total. The van der Waals surface area contributed by atoms with Gasteiger partial charge in [0, 0.05) is 22.7 Å². The summed E-state index contributed by atoms with van der Waals surface area (Å²) in [6, 6.07) is 14.2. The molecule has 2 aromatic heterocycles. The fourth-order valence-corrected chi connectivity index (χ4v) is 3.76. The third kappa shape index (κ3) is 2.59. The highest BCUT2D eigenvalue weighted by molar-refractivity contribution is 6.07. The summed E-state index contributed by atoms with van der Waals surface area (Å²) >= 11 is 0. The van der Waals surface area contributed by atoms with Gasteiger partial charge in [0.15, 0.2) is 5.82 Å². The number of amides is 1. The minimum absolute atomic E-state index is 0.00235. The van der Waals surface area contributed by atoms with Gasteiger partial charge >= 0.3 is 0 Å². The Morgan fingerprint density at radius 1 is 1.04 bits per heavy atom. The molecule has 0 saturated carbocycles. The third-order valence-corrected chi connectivity index (χ3v) is 4.92. The number of carbonyl (C=O) groups is 1. The average molecular weight is 354 g/mol. The van der Waals surface area contributed by atoms with Gasteiger partial charge in [-0.05, 0) is 50.2 Å². The summed E-state index contributed by atoms with van der Waals surface area (Å²) in [4.78, 5) is 26.9. The predicted octanol–water partition coefficient (Wildman–Crippen LogP) is 4.46. The van der Waals surface area contributed by atoms with Gasteiger partial charge in [-0.15, -0.1) is 0 Å². The molecule has 0 aliphatic carbocycles. The molecule has 5 heteroatoms. The van der Waals surface area contributed by atoms with Crippen molar-refractivity contribution < 1.29 is 4.79 Å². The molecule has 5 nitrogen and oxygen atoms in total. The fourth-order valence-electron chi connectivity index (χ4n) is 3.76. The molecule has 0 radical (unpaired) electrons. The zero-order valence-corrected chi connectivity index (χ0v) is 15.2. The van der Waals surface area contributed by atoms with E-state index in [0.717, 1.165) is 33.5 Å². The molecule has 5 rings (SSSR count). The summed E-state index contributed by atoms with van der Waals surface area (Å²) in [5, 5.41) is 1.06. The number of rotatable bonds is 2. The van der Waals surface area contributed by atoms with Crippen LogP contribution in [0.3, 0.4) is 0 Å². The number of aromatic nitrogens is 3. The van der Waals surface area contributed by atoms with Gasteiger partial charge in [0.2, 0.25) is 5.91 Å². The van der Waals surface area contributed by atoms with E-state index in [1.54, 1.807) is 11.1 Å². The number of aromatic amines is 1. The molecule has 1 amide bonds. The van der Waals surface area contributed by atoms with Crippen LogP contribution in [0.25, 0.3) is 22.2 Å². The van der Waals surface area contributed by atoms with Crippen LogP contribution in [0.2, 0.25) is 0 Å². The summed E-state index contributed by atoms with van der Waals surface area (Å²) in [6.07, 6.45) is 3.94. The van der Waals surface area contributed by atoms with E-state index in [1.165, 1.54) is 11.1 Å². The summed E-state index contributed by atoms with van der Waals surface area (Å²) < 4.78 is 0. The van der Waals surface area contributed by atoms with Crippen molar-refractivity contribution in [3.63, 3.8) is 0 Å². The fraction of sp³-hybridized carbons (Fsp3) is 0.136. The number of hydrogen-bond donors (Lipinski definition) is 1. The van der Waals surface area contributed by atoms with Gasteiger partial charge in [-0.3, -0.25) is 14.7 Å². The first-order valence-electron chi connectivity index (χ1n) is 8.93. The Balaban J connectivity index is 1.63. The van der Waals surface area contributed by atoms with Crippen molar-refractivity contribution in [1.82, 2.24) is 15.0 Å². The number of benzene rings is 2. The van der Waals surface area contributed by atoms with Crippen molar-refractivity contribution in [2.24, 2.45) is 0 Å². The second kappa shape index (κ2) is 5.77. The smallest absolute Gasteiger partial charge is 0.238 e. The second-order valence-electron chi connectivity index (χ2n) is 7.06. The van der Waals surface area contributed by atoms with Crippen molar-refractivity contribution in [2.75, 3.05) is 4.90 Å². The molecule has 3 heterocycles. The monoisotopic (exact) mass is 354 g/mol. The number of fused-ring (bicyclic) bond motifs is 2. The van der Waals surface area contributed by atoms with Crippen LogP contribution < -0.4 is 4.90 Å². The molecular weight excluding hydrogens is 336 g/mol. The third-order valence-electron chi connectivity index (χ3n) is 4.92. The first-order chi connectivity index (χ1) is 13.1. The summed E-state index contributed by atoms with van der Waals surface area (Å²) in [5.41, 5.74) is 6.74. The lowest BCUT2D eigenvalue weighted by Gasteiger charge is -2.17. The molecule has 132 valence electrons. The molecule has 2 aromatic carbocycles. The van der Waals surface area contributed by atoms with Crippen molar-refractivity contribution in [1.29, 1.82) is 0 Å². The molecule has 4 aromatic rings. The highest BCUT2D eigenvalue weighted by Crippen LogP contribution is 2.35. The van der Waals surface area contributed by atoms with Crippen LogP contribution in [0.1, 0.15) is 16.8 Å². The number of carbonyl (C=O) groups excluding carboxylic acids is 1. The van der Waals surface area contributed by atoms with E-state index in [0.29, 0.717) is 5.82 Å². The summed E-state index contributed by atoms with van der Waals surface area (Å²) in [6.45, 7) is 4.14. The van der Waals surface area contributed by atoms with Crippen molar-refractivity contribution in [3.05, 3.63) is 71.7 Å². The van der Waals surface area contributed by atoms with E-state index in [-0.39, 0.29) is 12.3 Å². The Labute approximate surface area is 156 Å². The predicted molar refractivity (Wildman–Crippen MR) is 106 cm³/mol. The Morgan fingerprint density at radius 2 is 1.85 bits per heavy atom. The van der Waals surface area contributed by atoms with Crippen molar-refractivity contribution in [3.8, 4) is 11.3 Å². The average Bonchev–Trinajstić information content (AvgIpc) is 3.22. The maximum Gasteiger partial charge on any atom is 0.238 e. The minimum atomic E-state index is -0.00235. The Morgan fingerprint density at radius 3 is 2.67 bits per heavy atom. The molecule has 1 aliphatic heterocycles. The first-order valence-corrected chi connectivity index (χ1v) is 8.93. The molecule has 0 spiro atoms. The maximum absolute atomic E-state index is 12.7. The number of H-pyrrole nitrogens is 1. The lowest BCUT2D eigenvalue weighted by Crippen LogP contribution is -2.21. The number of nitrogens with one attached hydrogen (secondary N) is 1. The number of anilines is 2. The first kappa shape index (κ1) is 15.8. The number of aryl methyl sites for hydroxylation is 2. The van der Waals surface area contributed by atoms with Crippen LogP contribution in [0.4, 0.5) is 11.5 Å². The van der Waals surface area contributed by atoms with Crippen molar-refractivity contribution in [2.45, 2.75) is 20.3 Å². The van der Waals surface area contributed by atoms with E-state index in [1.807, 2.05) is 30.5 Å². The summed E-state index contributed by atoms with van der Waals surface area (Å²) in [5.74, 6) is 0.629. The van der Waals surface area contributed by atoms with E-state index in [9.17, 15) is 4.79 Å². The van der Waals surface area contributed by atoms with Gasteiger partial charge in [0.1, 0.15) is 0 Å². The normalized spacial score (nSPS) is 13.4. The second-order valence-corrected chi connectivity index (χ2v) is 7.06. The minimum Gasteiger partial charge on any atom is -0.361 e. The van der Waals surface area contributed by atoms with Crippen LogP contribution in [-0.2, 0) is 11.2 Å². The number of hydrogen-bond acceptors (Lipinski definition) is 3. The van der Waals surface area contributed by atoms with E-state index >= 15 is 0 Å². The van der Waals surface area contributed by atoms with E-state index in [4.69, 9.17) is 4.98 Å². The molecule has 0 atom stereocenters. The lowest BCUT2D eigenvalue weighted by molar-refractivity contribution is -0.116. The SMILES string of the molecule is Cc1cc(C)cc(-c2cnc3c(n2)N(c2ccc4[nH]ccc4c2)C(=O)C3)c1. The Bertz CT molecular complexity index is 1190. The summed E-state index contributed by atoms with van der Waals surface area (Å²) in [7, 11) is 0. The largest absolute Gasteiger partial charge is 0.361 e. The van der Waals surface area contributed by atoms with Crippen LogP contribution in [0.15, 0.2) is 54.9 Å². The van der Waals surface area contributed by atoms with Gasteiger partial charge < -0.3 is 4.98 Å². The quantitative estimate of drug-likeness (QED) is 0.578. The molecule has 0 fully saturated rings.